The van der Waals surface area contributed by atoms with Crippen LogP contribution < -0.4 is 15.4 Å². The average molecular weight is 361 g/mol. The first-order valence-corrected chi connectivity index (χ1v) is 8.89. The fourth-order valence-electron chi connectivity index (χ4n) is 2.64. The number of benzene rings is 2. The maximum atomic E-state index is 12.2. The van der Waals surface area contributed by atoms with E-state index in [1.807, 2.05) is 60.7 Å². The van der Waals surface area contributed by atoms with Crippen molar-refractivity contribution in [3.05, 3.63) is 89.6 Å². The third-order valence-corrected chi connectivity index (χ3v) is 4.20. The number of nitrogens with zero attached hydrogens (tertiary/aromatic N) is 1. The smallest absolute Gasteiger partial charge is 0.253 e. The van der Waals surface area contributed by atoms with E-state index in [4.69, 9.17) is 4.74 Å². The SMILES string of the molecule is COc1ccc(CCNc2ccc(C(=O)NCc3ccccc3)cn2)cc1. The van der Waals surface area contributed by atoms with E-state index < -0.39 is 0 Å². The van der Waals surface area contributed by atoms with Crippen molar-refractivity contribution >= 4 is 11.7 Å². The number of anilines is 1. The summed E-state index contributed by atoms with van der Waals surface area (Å²) in [6.45, 7) is 1.26. The molecule has 1 aromatic heterocycles. The lowest BCUT2D eigenvalue weighted by atomic mass is 10.1. The number of nitrogens with one attached hydrogen (secondary N) is 2. The van der Waals surface area contributed by atoms with Gasteiger partial charge in [0.1, 0.15) is 11.6 Å². The Balaban J connectivity index is 1.45. The molecular formula is C22H23N3O2. The van der Waals surface area contributed by atoms with Gasteiger partial charge in [0.2, 0.25) is 0 Å². The number of carbonyl (C=O) groups excluding carboxylic acids is 1. The molecule has 27 heavy (non-hydrogen) atoms. The Hall–Kier alpha value is -3.34. The number of carbonyl (C=O) groups is 1. The molecule has 3 rings (SSSR count). The molecule has 0 atom stereocenters. The van der Waals surface area contributed by atoms with Gasteiger partial charge in [-0.1, -0.05) is 42.5 Å². The minimum absolute atomic E-state index is 0.129. The largest absolute Gasteiger partial charge is 0.497 e. The molecule has 0 aliphatic carbocycles. The Kier molecular flexibility index (Phi) is 6.41. The third-order valence-electron chi connectivity index (χ3n) is 4.20. The molecule has 2 N–H and O–H groups in total. The second kappa shape index (κ2) is 9.38. The van der Waals surface area contributed by atoms with Gasteiger partial charge in [-0.25, -0.2) is 4.98 Å². The minimum atomic E-state index is -0.129. The molecular weight excluding hydrogens is 338 g/mol. The number of amides is 1. The van der Waals surface area contributed by atoms with Crippen molar-refractivity contribution in [2.75, 3.05) is 19.0 Å². The number of hydrogen-bond donors (Lipinski definition) is 2. The van der Waals surface area contributed by atoms with Gasteiger partial charge in [0.25, 0.3) is 5.91 Å². The Labute approximate surface area is 159 Å². The van der Waals surface area contributed by atoms with Gasteiger partial charge >= 0.3 is 0 Å². The van der Waals surface area contributed by atoms with Gasteiger partial charge in [0, 0.05) is 19.3 Å². The molecule has 1 amide bonds. The van der Waals surface area contributed by atoms with Crippen molar-refractivity contribution in [2.45, 2.75) is 13.0 Å². The average Bonchev–Trinajstić information content (AvgIpc) is 2.74. The molecule has 0 spiro atoms. The van der Waals surface area contributed by atoms with Gasteiger partial charge in [-0.05, 0) is 41.8 Å². The van der Waals surface area contributed by atoms with E-state index in [2.05, 4.69) is 15.6 Å². The van der Waals surface area contributed by atoms with E-state index >= 15 is 0 Å². The number of rotatable bonds is 8. The highest BCUT2D eigenvalue weighted by molar-refractivity contribution is 5.94. The van der Waals surface area contributed by atoms with Crippen LogP contribution in [-0.4, -0.2) is 24.5 Å². The first-order chi connectivity index (χ1) is 13.2. The van der Waals surface area contributed by atoms with Crippen LogP contribution in [0, 0.1) is 0 Å². The number of ether oxygens (including phenoxy) is 1. The fraction of sp³-hybridized carbons (Fsp3) is 0.182. The van der Waals surface area contributed by atoms with E-state index in [0.29, 0.717) is 12.1 Å². The zero-order chi connectivity index (χ0) is 18.9. The van der Waals surface area contributed by atoms with Gasteiger partial charge in [-0.2, -0.15) is 0 Å². The normalized spacial score (nSPS) is 10.3. The summed E-state index contributed by atoms with van der Waals surface area (Å²) >= 11 is 0. The van der Waals surface area contributed by atoms with Crippen LogP contribution in [0.5, 0.6) is 5.75 Å². The van der Waals surface area contributed by atoms with Crippen molar-refractivity contribution in [2.24, 2.45) is 0 Å². The molecule has 1 heterocycles. The number of aromatic nitrogens is 1. The summed E-state index contributed by atoms with van der Waals surface area (Å²) in [5.74, 6) is 1.48. The van der Waals surface area contributed by atoms with Crippen LogP contribution in [-0.2, 0) is 13.0 Å². The van der Waals surface area contributed by atoms with Crippen molar-refractivity contribution < 1.29 is 9.53 Å². The summed E-state index contributed by atoms with van der Waals surface area (Å²) in [5.41, 5.74) is 2.84. The van der Waals surface area contributed by atoms with E-state index in [1.165, 1.54) is 5.56 Å². The standard InChI is InChI=1S/C22H23N3O2/c1-27-20-10-7-17(8-11-20)13-14-23-21-12-9-19(16-24-21)22(26)25-15-18-5-3-2-4-6-18/h2-12,16H,13-15H2,1H3,(H,23,24)(H,25,26). The highest BCUT2D eigenvalue weighted by atomic mass is 16.5. The summed E-state index contributed by atoms with van der Waals surface area (Å²) in [5, 5.41) is 6.17. The second-order valence-electron chi connectivity index (χ2n) is 6.13. The van der Waals surface area contributed by atoms with Crippen LogP contribution in [0.1, 0.15) is 21.5 Å². The fourth-order valence-corrected chi connectivity index (χ4v) is 2.64. The molecule has 0 aliphatic rings. The van der Waals surface area contributed by atoms with Crippen LogP contribution in [0.3, 0.4) is 0 Å². The molecule has 0 radical (unpaired) electrons. The first kappa shape index (κ1) is 18.5. The second-order valence-corrected chi connectivity index (χ2v) is 6.13. The van der Waals surface area contributed by atoms with Crippen LogP contribution in [0.25, 0.3) is 0 Å². The lowest BCUT2D eigenvalue weighted by Gasteiger charge is -2.08. The van der Waals surface area contributed by atoms with Gasteiger partial charge in [0.15, 0.2) is 0 Å². The Bertz CT molecular complexity index is 847. The number of pyridine rings is 1. The van der Waals surface area contributed by atoms with E-state index in [9.17, 15) is 4.79 Å². The van der Waals surface area contributed by atoms with Crippen molar-refractivity contribution in [1.29, 1.82) is 0 Å². The Morgan fingerprint density at radius 3 is 2.41 bits per heavy atom. The molecule has 3 aromatic rings. The number of methoxy groups -OCH3 is 1. The predicted molar refractivity (Wildman–Crippen MR) is 107 cm³/mol. The summed E-state index contributed by atoms with van der Waals surface area (Å²) < 4.78 is 5.16. The summed E-state index contributed by atoms with van der Waals surface area (Å²) in [4.78, 5) is 16.5. The molecule has 5 nitrogen and oxygen atoms in total. The molecule has 0 unspecified atom stereocenters. The molecule has 0 saturated heterocycles. The molecule has 0 fully saturated rings. The summed E-state index contributed by atoms with van der Waals surface area (Å²) in [7, 11) is 1.66. The zero-order valence-corrected chi connectivity index (χ0v) is 15.3. The molecule has 2 aromatic carbocycles. The van der Waals surface area contributed by atoms with Crippen molar-refractivity contribution in [1.82, 2.24) is 10.3 Å². The Morgan fingerprint density at radius 2 is 1.74 bits per heavy atom. The van der Waals surface area contributed by atoms with E-state index in [-0.39, 0.29) is 5.91 Å². The van der Waals surface area contributed by atoms with E-state index in [0.717, 1.165) is 30.1 Å². The monoisotopic (exact) mass is 361 g/mol. The maximum Gasteiger partial charge on any atom is 0.253 e. The molecule has 0 bridgehead atoms. The quantitative estimate of drug-likeness (QED) is 0.642. The van der Waals surface area contributed by atoms with Crippen LogP contribution in [0.2, 0.25) is 0 Å². The lowest BCUT2D eigenvalue weighted by molar-refractivity contribution is 0.0950. The first-order valence-electron chi connectivity index (χ1n) is 8.89. The van der Waals surface area contributed by atoms with Gasteiger partial charge in [-0.15, -0.1) is 0 Å². The van der Waals surface area contributed by atoms with Gasteiger partial charge < -0.3 is 15.4 Å². The predicted octanol–water partition coefficient (Wildman–Crippen LogP) is 3.67. The van der Waals surface area contributed by atoms with Crippen LogP contribution in [0.15, 0.2) is 72.9 Å². The summed E-state index contributed by atoms with van der Waals surface area (Å²) in [6, 6.07) is 21.4. The highest BCUT2D eigenvalue weighted by Crippen LogP contribution is 2.12. The van der Waals surface area contributed by atoms with Crippen molar-refractivity contribution in [3.63, 3.8) is 0 Å². The lowest BCUT2D eigenvalue weighted by Crippen LogP contribution is -2.22. The molecule has 0 saturated carbocycles. The topological polar surface area (TPSA) is 63.2 Å². The highest BCUT2D eigenvalue weighted by Gasteiger charge is 2.06. The summed E-state index contributed by atoms with van der Waals surface area (Å²) in [6.07, 6.45) is 2.47. The molecule has 5 heteroatoms. The van der Waals surface area contributed by atoms with E-state index in [1.54, 1.807) is 19.4 Å². The van der Waals surface area contributed by atoms with Crippen molar-refractivity contribution in [3.8, 4) is 5.75 Å². The van der Waals surface area contributed by atoms with Gasteiger partial charge in [0.05, 0.1) is 12.7 Å². The molecule has 138 valence electrons. The minimum Gasteiger partial charge on any atom is -0.497 e. The van der Waals surface area contributed by atoms with Crippen LogP contribution in [0.4, 0.5) is 5.82 Å². The Morgan fingerprint density at radius 1 is 0.963 bits per heavy atom. The molecule has 0 aliphatic heterocycles. The third kappa shape index (κ3) is 5.57. The number of hydrogen-bond acceptors (Lipinski definition) is 4. The van der Waals surface area contributed by atoms with Crippen LogP contribution >= 0.6 is 0 Å². The zero-order valence-electron chi connectivity index (χ0n) is 15.3. The maximum absolute atomic E-state index is 12.2. The van der Waals surface area contributed by atoms with Gasteiger partial charge in [-0.3, -0.25) is 4.79 Å².